The molecular formula is C62H40N2O. The summed E-state index contributed by atoms with van der Waals surface area (Å²) in [6.45, 7) is 0. The standard InChI is InChI=1S/C62H40N2O/c1-3-14-45-38-47(26-24-41(45)12-1)43-28-32-50(33-29-43)63(51-34-30-44(31-35-51)48-27-25-42-13-2-4-15-46(42)39-48)59-37-36-53(62-61(59)56-20-7-10-23-60(56)65-62)49-16-11-17-52(40-49)64-57-21-8-5-18-54(57)55-19-6-9-22-58(55)64/h1-40H/i1D,2D,3D,4D,5D,6D,7D,8D,9D,10D,11D,12D,13D,14D,15D,16D,17D,18D,19D,20D,21D,22D,23D,24D,25D,26D,27D,28D,29D,30D,31D,32D,33D,34D,35D,36D,37D,38D,39D,40D. The Morgan fingerprint density at radius 1 is 0.369 bits per heavy atom. The minimum absolute atomic E-state index is 0.264. The van der Waals surface area contributed by atoms with E-state index in [0.717, 1.165) is 0 Å². The number of rotatable bonds is 7. The molecular weight excluding hydrogens is 789 g/mol. The van der Waals surface area contributed by atoms with Gasteiger partial charge in [-0.3, -0.25) is 0 Å². The maximum Gasteiger partial charge on any atom is 0.145 e. The van der Waals surface area contributed by atoms with Crippen LogP contribution in [0.5, 0.6) is 0 Å². The van der Waals surface area contributed by atoms with Crippen LogP contribution in [0.25, 0.3) is 104 Å². The topological polar surface area (TPSA) is 21.3 Å². The Labute approximate surface area is 432 Å². The molecule has 0 saturated heterocycles. The van der Waals surface area contributed by atoms with Crippen LogP contribution in [-0.2, 0) is 0 Å². The zero-order valence-electron chi connectivity index (χ0n) is 72.3. The molecule has 65 heavy (non-hydrogen) atoms. The maximum absolute atomic E-state index is 10.3. The first-order valence-corrected chi connectivity index (χ1v) is 19.0. The SMILES string of the molecule is [2H]c1c([2H])c(-c2c([2H])c([2H])c(N(c3c([2H])c([2H])c(-c4c([2H])c([2H])c5c([2H])c([2H])c([2H])c([2H])c5c4[2H])c([2H])c3[2H])c3c([2H])c([2H])c(-c4c([2H])c([2H])c5c([2H])c([2H])c([2H])c([2H])c5c4[2H])c([2H])c3[2H])c3c2oc2c([2H])c([2H])c([2H])c([2H])c23)c([2H])c(-n2c3c([2H])c([2H])c([2H])c([2H])c3c3c([2H])c([2H])c([2H])c([2H])c32)c1[2H]. The van der Waals surface area contributed by atoms with Gasteiger partial charge in [0, 0.05) is 38.8 Å². The third-order valence-electron chi connectivity index (χ3n) is 10.1. The van der Waals surface area contributed by atoms with E-state index in [4.69, 9.17) is 31.8 Å². The van der Waals surface area contributed by atoms with E-state index in [2.05, 4.69) is 0 Å². The van der Waals surface area contributed by atoms with E-state index in [-0.39, 0.29) is 4.90 Å². The molecule has 13 rings (SSSR count). The zero-order chi connectivity index (χ0) is 77.7. The van der Waals surface area contributed by atoms with Gasteiger partial charge in [0.2, 0.25) is 0 Å². The smallest absolute Gasteiger partial charge is 0.145 e. The molecule has 0 aliphatic heterocycles. The van der Waals surface area contributed by atoms with Gasteiger partial charge in [-0.25, -0.2) is 0 Å². The fourth-order valence-electron chi connectivity index (χ4n) is 7.26. The van der Waals surface area contributed by atoms with E-state index in [1.807, 2.05) is 0 Å². The maximum atomic E-state index is 10.3. The lowest BCUT2D eigenvalue weighted by Crippen LogP contribution is -2.10. The van der Waals surface area contributed by atoms with Crippen LogP contribution in [0.1, 0.15) is 54.8 Å². The minimum atomic E-state index is -1.45. The van der Waals surface area contributed by atoms with Gasteiger partial charge in [-0.2, -0.15) is 0 Å². The number of fused-ring (bicyclic) bond motifs is 8. The summed E-state index contributed by atoms with van der Waals surface area (Å²) >= 11 is 0. The lowest BCUT2D eigenvalue weighted by molar-refractivity contribution is 0.670. The predicted octanol–water partition coefficient (Wildman–Crippen LogP) is 17.5. The monoisotopic (exact) mass is 869 g/mol. The average molecular weight is 869 g/mol. The van der Waals surface area contributed by atoms with Crippen LogP contribution in [0, 0.1) is 0 Å². The van der Waals surface area contributed by atoms with Crippen LogP contribution in [0.2, 0.25) is 0 Å². The number of nitrogens with zero attached hydrogens (tertiary/aromatic N) is 2. The van der Waals surface area contributed by atoms with Crippen molar-refractivity contribution in [3.05, 3.63) is 242 Å². The highest BCUT2D eigenvalue weighted by Crippen LogP contribution is 2.47. The number of aromatic nitrogens is 1. The Bertz CT molecular complexity index is 6030. The normalized spacial score (nSPS) is 20.3. The molecule has 0 N–H and O–H groups in total. The van der Waals surface area contributed by atoms with Gasteiger partial charge in [0.25, 0.3) is 0 Å². The van der Waals surface area contributed by atoms with E-state index < -0.39 is 363 Å². The van der Waals surface area contributed by atoms with E-state index in [1.54, 1.807) is 0 Å². The van der Waals surface area contributed by atoms with Crippen molar-refractivity contribution in [1.29, 1.82) is 0 Å². The molecule has 0 saturated carbocycles. The van der Waals surface area contributed by atoms with Crippen LogP contribution in [-0.4, -0.2) is 4.57 Å². The van der Waals surface area contributed by atoms with Gasteiger partial charge in [0.15, 0.2) is 0 Å². The van der Waals surface area contributed by atoms with Gasteiger partial charge in [0.1, 0.15) is 11.2 Å². The van der Waals surface area contributed by atoms with Crippen molar-refractivity contribution in [3.63, 3.8) is 0 Å². The largest absolute Gasteiger partial charge is 0.455 e. The van der Waals surface area contributed by atoms with Gasteiger partial charge < -0.3 is 13.9 Å². The highest BCUT2D eigenvalue weighted by Gasteiger charge is 2.23. The fraction of sp³-hybridized carbons (Fsp3) is 0. The zero-order valence-corrected chi connectivity index (χ0v) is 32.3. The van der Waals surface area contributed by atoms with E-state index in [1.165, 1.54) is 0 Å². The summed E-state index contributed by atoms with van der Waals surface area (Å²) in [4.78, 5) is 0.264. The quantitative estimate of drug-likeness (QED) is 0.159. The lowest BCUT2D eigenvalue weighted by Gasteiger charge is -2.27. The highest BCUT2D eigenvalue weighted by molar-refractivity contribution is 6.17. The number of hydrogen-bond donors (Lipinski definition) is 0. The highest BCUT2D eigenvalue weighted by atomic mass is 16.3. The molecule has 0 amide bonds. The van der Waals surface area contributed by atoms with Crippen molar-refractivity contribution in [1.82, 2.24) is 4.57 Å². The fourth-order valence-corrected chi connectivity index (χ4v) is 7.26. The molecule has 0 aliphatic carbocycles. The third-order valence-corrected chi connectivity index (χ3v) is 10.1. The third kappa shape index (κ3) is 6.20. The van der Waals surface area contributed by atoms with E-state index >= 15 is 0 Å². The number of para-hydroxylation sites is 3. The molecule has 304 valence electrons. The van der Waals surface area contributed by atoms with Crippen molar-refractivity contribution in [2.45, 2.75) is 0 Å². The number of benzene rings is 11. The molecule has 11 aromatic carbocycles. The van der Waals surface area contributed by atoms with Crippen molar-refractivity contribution in [2.24, 2.45) is 0 Å². The second-order valence-corrected chi connectivity index (χ2v) is 13.8. The van der Waals surface area contributed by atoms with Crippen LogP contribution < -0.4 is 4.90 Å². The molecule has 2 heterocycles. The molecule has 0 spiro atoms. The van der Waals surface area contributed by atoms with Crippen molar-refractivity contribution >= 4 is 82.4 Å². The lowest BCUT2D eigenvalue weighted by atomic mass is 9.98. The summed E-state index contributed by atoms with van der Waals surface area (Å²) in [6.07, 6.45) is 0. The molecule has 0 radical (unpaired) electrons. The average Bonchev–Trinajstić information content (AvgIpc) is 1.62. The minimum Gasteiger partial charge on any atom is -0.455 e. The van der Waals surface area contributed by atoms with E-state index in [0.29, 0.717) is 4.57 Å². The predicted molar refractivity (Wildman–Crippen MR) is 274 cm³/mol. The van der Waals surface area contributed by atoms with Gasteiger partial charge in [-0.1, -0.05) is 163 Å². The summed E-state index contributed by atoms with van der Waals surface area (Å²) in [6, 6.07) is -44.4. The molecule has 13 aromatic rings. The Morgan fingerprint density at radius 2 is 0.877 bits per heavy atom. The van der Waals surface area contributed by atoms with Crippen LogP contribution >= 0.6 is 0 Å². The van der Waals surface area contributed by atoms with Gasteiger partial charge >= 0.3 is 0 Å². The number of hydrogen-bond acceptors (Lipinski definition) is 2. The van der Waals surface area contributed by atoms with Crippen LogP contribution in [0.3, 0.4) is 0 Å². The van der Waals surface area contributed by atoms with Gasteiger partial charge in [-0.05, 0) is 128 Å². The summed E-state index contributed by atoms with van der Waals surface area (Å²) in [5.41, 5.74) is -14.6. The Hall–Kier alpha value is -8.66. The summed E-state index contributed by atoms with van der Waals surface area (Å²) < 4.78 is 375. The van der Waals surface area contributed by atoms with Crippen LogP contribution in [0.4, 0.5) is 17.1 Å². The molecule has 0 unspecified atom stereocenters. The first kappa shape index (κ1) is 14.7. The molecule has 3 nitrogen and oxygen atoms in total. The molecule has 0 fully saturated rings. The number of furan rings is 1. The second kappa shape index (κ2) is 15.0. The summed E-state index contributed by atoms with van der Waals surface area (Å²) in [5, 5.41) is -5.90. The van der Waals surface area contributed by atoms with Gasteiger partial charge in [0.05, 0.1) is 76.9 Å². The van der Waals surface area contributed by atoms with Crippen molar-refractivity contribution < 1.29 is 59.2 Å². The van der Waals surface area contributed by atoms with Gasteiger partial charge in [-0.15, -0.1) is 0 Å². The summed E-state index contributed by atoms with van der Waals surface area (Å²) in [7, 11) is 0. The van der Waals surface area contributed by atoms with Crippen molar-refractivity contribution in [3.8, 4) is 39.1 Å². The first-order chi connectivity index (χ1) is 48.9. The molecule has 0 atom stereocenters. The Kier molecular flexibility index (Phi) is 3.39. The second-order valence-electron chi connectivity index (χ2n) is 13.8. The molecule has 3 heteroatoms. The molecule has 2 aromatic heterocycles. The summed E-state index contributed by atoms with van der Waals surface area (Å²) in [5.74, 6) is 0. The van der Waals surface area contributed by atoms with Crippen LogP contribution in [0.15, 0.2) is 246 Å². The number of anilines is 3. The van der Waals surface area contributed by atoms with E-state index in [9.17, 15) is 27.4 Å². The van der Waals surface area contributed by atoms with Crippen molar-refractivity contribution in [2.75, 3.05) is 4.90 Å². The Morgan fingerprint density at radius 3 is 1.48 bits per heavy atom. The molecule has 0 aliphatic rings. The Balaban J connectivity index is 1.24. The first-order valence-electron chi connectivity index (χ1n) is 39.0. The molecule has 0 bridgehead atoms.